The minimum absolute atomic E-state index is 0.0824. The van der Waals surface area contributed by atoms with Gasteiger partial charge in [0.05, 0.1) is 19.1 Å². The lowest BCUT2D eigenvalue weighted by Gasteiger charge is -2.36. The number of aryl methyl sites for hydroxylation is 1. The zero-order valence-corrected chi connectivity index (χ0v) is 17.2. The van der Waals surface area contributed by atoms with Gasteiger partial charge in [-0.1, -0.05) is 38.3 Å². The molecule has 2 aromatic rings. The Balaban J connectivity index is 1.83. The second-order valence-electron chi connectivity index (χ2n) is 7.65. The van der Waals surface area contributed by atoms with Crippen LogP contribution in [-0.2, 0) is 10.2 Å². The van der Waals surface area contributed by atoms with E-state index in [-0.39, 0.29) is 5.91 Å². The molecular weight excluding hydrogens is 350 g/mol. The SMILES string of the molecule is CCCOc1ccc(NC(=O)C2(c3ccc(OC)cc3)CCCCC2)cc1C. The Labute approximate surface area is 168 Å². The van der Waals surface area contributed by atoms with Gasteiger partial charge in [-0.15, -0.1) is 0 Å². The molecule has 0 spiro atoms. The largest absolute Gasteiger partial charge is 0.497 e. The first-order chi connectivity index (χ1) is 13.6. The van der Waals surface area contributed by atoms with Gasteiger partial charge in [-0.2, -0.15) is 0 Å². The highest BCUT2D eigenvalue weighted by Crippen LogP contribution is 2.41. The minimum atomic E-state index is -0.476. The second kappa shape index (κ2) is 9.13. The monoisotopic (exact) mass is 381 g/mol. The van der Waals surface area contributed by atoms with Crippen LogP contribution in [0.3, 0.4) is 0 Å². The van der Waals surface area contributed by atoms with Crippen molar-refractivity contribution in [3.63, 3.8) is 0 Å². The van der Waals surface area contributed by atoms with Gasteiger partial charge in [0, 0.05) is 5.69 Å². The van der Waals surface area contributed by atoms with Crippen LogP contribution >= 0.6 is 0 Å². The fourth-order valence-corrected chi connectivity index (χ4v) is 4.06. The summed E-state index contributed by atoms with van der Waals surface area (Å²) in [5.74, 6) is 1.77. The summed E-state index contributed by atoms with van der Waals surface area (Å²) in [6.45, 7) is 4.81. The van der Waals surface area contributed by atoms with Gasteiger partial charge < -0.3 is 14.8 Å². The lowest BCUT2D eigenvalue weighted by molar-refractivity contribution is -0.122. The first-order valence-corrected chi connectivity index (χ1v) is 10.3. The zero-order valence-electron chi connectivity index (χ0n) is 17.2. The van der Waals surface area contributed by atoms with Gasteiger partial charge in [0.1, 0.15) is 11.5 Å². The summed E-state index contributed by atoms with van der Waals surface area (Å²) in [7, 11) is 1.66. The Bertz CT molecular complexity index is 792. The molecule has 0 atom stereocenters. The van der Waals surface area contributed by atoms with Gasteiger partial charge in [0.15, 0.2) is 0 Å². The van der Waals surface area contributed by atoms with Crippen LogP contribution in [0.25, 0.3) is 0 Å². The van der Waals surface area contributed by atoms with E-state index in [0.717, 1.165) is 60.4 Å². The minimum Gasteiger partial charge on any atom is -0.497 e. The number of anilines is 1. The molecule has 28 heavy (non-hydrogen) atoms. The van der Waals surface area contributed by atoms with Crippen molar-refractivity contribution >= 4 is 11.6 Å². The Morgan fingerprint density at radius 2 is 1.79 bits per heavy atom. The number of hydrogen-bond acceptors (Lipinski definition) is 3. The van der Waals surface area contributed by atoms with Crippen molar-refractivity contribution in [2.45, 2.75) is 57.8 Å². The van der Waals surface area contributed by atoms with E-state index in [9.17, 15) is 4.79 Å². The van der Waals surface area contributed by atoms with Crippen LogP contribution in [0.4, 0.5) is 5.69 Å². The Hall–Kier alpha value is -2.49. The second-order valence-corrected chi connectivity index (χ2v) is 7.65. The van der Waals surface area contributed by atoms with Gasteiger partial charge >= 0.3 is 0 Å². The molecule has 1 amide bonds. The van der Waals surface area contributed by atoms with Crippen LogP contribution in [-0.4, -0.2) is 19.6 Å². The van der Waals surface area contributed by atoms with Crippen molar-refractivity contribution in [1.29, 1.82) is 0 Å². The molecular formula is C24H31NO3. The molecule has 0 radical (unpaired) electrons. The third kappa shape index (κ3) is 4.32. The molecule has 150 valence electrons. The van der Waals surface area contributed by atoms with Gasteiger partial charge in [-0.05, 0) is 67.6 Å². The summed E-state index contributed by atoms with van der Waals surface area (Å²) < 4.78 is 11.0. The van der Waals surface area contributed by atoms with Crippen LogP contribution in [0.1, 0.15) is 56.6 Å². The molecule has 0 heterocycles. The number of hydrogen-bond donors (Lipinski definition) is 1. The van der Waals surface area contributed by atoms with E-state index < -0.39 is 5.41 Å². The summed E-state index contributed by atoms with van der Waals surface area (Å²) in [5, 5.41) is 3.18. The van der Waals surface area contributed by atoms with Crippen molar-refractivity contribution < 1.29 is 14.3 Å². The predicted molar refractivity (Wildman–Crippen MR) is 113 cm³/mol. The zero-order chi connectivity index (χ0) is 20.0. The third-order valence-corrected chi connectivity index (χ3v) is 5.68. The highest BCUT2D eigenvalue weighted by molar-refractivity contribution is 5.99. The van der Waals surface area contributed by atoms with Gasteiger partial charge in [-0.3, -0.25) is 4.79 Å². The summed E-state index contributed by atoms with van der Waals surface area (Å²) in [6, 6.07) is 13.8. The number of carbonyl (C=O) groups is 1. The first-order valence-electron chi connectivity index (χ1n) is 10.3. The van der Waals surface area contributed by atoms with Crippen LogP contribution in [0.15, 0.2) is 42.5 Å². The molecule has 4 heteroatoms. The van der Waals surface area contributed by atoms with E-state index in [4.69, 9.17) is 9.47 Å². The summed E-state index contributed by atoms with van der Waals surface area (Å²) in [6.07, 6.45) is 6.06. The molecule has 3 rings (SSSR count). The van der Waals surface area contributed by atoms with Crippen LogP contribution in [0, 0.1) is 6.92 Å². The molecule has 4 nitrogen and oxygen atoms in total. The van der Waals surface area contributed by atoms with E-state index in [2.05, 4.69) is 12.2 Å². The summed E-state index contributed by atoms with van der Waals surface area (Å²) >= 11 is 0. The molecule has 0 saturated heterocycles. The molecule has 1 fully saturated rings. The molecule has 0 unspecified atom stereocenters. The van der Waals surface area contributed by atoms with Crippen molar-refractivity contribution in [3.05, 3.63) is 53.6 Å². The van der Waals surface area contributed by atoms with Crippen LogP contribution < -0.4 is 14.8 Å². The van der Waals surface area contributed by atoms with Gasteiger partial charge in [0.25, 0.3) is 0 Å². The Morgan fingerprint density at radius 1 is 1.07 bits per heavy atom. The number of carbonyl (C=O) groups excluding carboxylic acids is 1. The highest BCUT2D eigenvalue weighted by atomic mass is 16.5. The number of benzene rings is 2. The van der Waals surface area contributed by atoms with E-state index >= 15 is 0 Å². The fourth-order valence-electron chi connectivity index (χ4n) is 4.06. The normalized spacial score (nSPS) is 15.7. The van der Waals surface area contributed by atoms with Crippen molar-refractivity contribution in [2.75, 3.05) is 19.0 Å². The number of nitrogens with one attached hydrogen (secondary N) is 1. The van der Waals surface area contributed by atoms with E-state index in [1.54, 1.807) is 7.11 Å². The maximum Gasteiger partial charge on any atom is 0.235 e. The fraction of sp³-hybridized carbons (Fsp3) is 0.458. The molecule has 0 aromatic heterocycles. The maximum atomic E-state index is 13.4. The molecule has 0 aliphatic heterocycles. The summed E-state index contributed by atoms with van der Waals surface area (Å²) in [4.78, 5) is 13.4. The van der Waals surface area contributed by atoms with Crippen molar-refractivity contribution in [1.82, 2.24) is 0 Å². The lowest BCUT2D eigenvalue weighted by atomic mass is 9.68. The third-order valence-electron chi connectivity index (χ3n) is 5.68. The molecule has 1 aliphatic carbocycles. The lowest BCUT2D eigenvalue weighted by Crippen LogP contribution is -2.42. The van der Waals surface area contributed by atoms with Gasteiger partial charge in [-0.25, -0.2) is 0 Å². The first kappa shape index (κ1) is 20.2. The maximum absolute atomic E-state index is 13.4. The summed E-state index contributed by atoms with van der Waals surface area (Å²) in [5.41, 5.74) is 2.46. The Kier molecular flexibility index (Phi) is 6.61. The smallest absolute Gasteiger partial charge is 0.235 e. The van der Waals surface area contributed by atoms with E-state index in [0.29, 0.717) is 6.61 Å². The van der Waals surface area contributed by atoms with E-state index in [1.165, 1.54) is 6.42 Å². The number of ether oxygens (including phenoxy) is 2. The predicted octanol–water partition coefficient (Wildman–Crippen LogP) is 5.63. The molecule has 1 N–H and O–H groups in total. The molecule has 2 aromatic carbocycles. The van der Waals surface area contributed by atoms with E-state index in [1.807, 2.05) is 49.4 Å². The molecule has 0 bridgehead atoms. The number of methoxy groups -OCH3 is 1. The van der Waals surface area contributed by atoms with Crippen molar-refractivity contribution in [2.24, 2.45) is 0 Å². The number of rotatable bonds is 7. The van der Waals surface area contributed by atoms with Gasteiger partial charge in [0.2, 0.25) is 5.91 Å². The molecule has 1 saturated carbocycles. The number of amides is 1. The quantitative estimate of drug-likeness (QED) is 0.676. The Morgan fingerprint density at radius 3 is 2.39 bits per heavy atom. The average molecular weight is 382 g/mol. The van der Waals surface area contributed by atoms with Crippen LogP contribution in [0.5, 0.6) is 11.5 Å². The average Bonchev–Trinajstić information content (AvgIpc) is 2.73. The van der Waals surface area contributed by atoms with Crippen LogP contribution in [0.2, 0.25) is 0 Å². The van der Waals surface area contributed by atoms with Crippen molar-refractivity contribution in [3.8, 4) is 11.5 Å². The molecule has 1 aliphatic rings. The highest BCUT2D eigenvalue weighted by Gasteiger charge is 2.41. The topological polar surface area (TPSA) is 47.6 Å². The standard InChI is InChI=1S/C24H31NO3/c1-4-16-28-22-13-10-20(17-18(22)2)25-23(26)24(14-6-5-7-15-24)19-8-11-21(27-3)12-9-19/h8-13,17H,4-7,14-16H2,1-3H3,(H,25,26).